The van der Waals surface area contributed by atoms with Gasteiger partial charge in [-0.15, -0.1) is 0 Å². The van der Waals surface area contributed by atoms with Gasteiger partial charge in [0.15, 0.2) is 0 Å². The summed E-state index contributed by atoms with van der Waals surface area (Å²) in [6.45, 7) is 4.11. The van der Waals surface area contributed by atoms with E-state index >= 15 is 0 Å². The molecule has 0 heterocycles. The van der Waals surface area contributed by atoms with Crippen molar-refractivity contribution in [2.75, 3.05) is 25.1 Å². The normalized spacial score (nSPS) is 12.7. The first-order valence-electron chi connectivity index (χ1n) is 18.8. The predicted octanol–water partition coefficient (Wildman–Crippen LogP) is 5.54. The third-order valence-corrected chi connectivity index (χ3v) is 9.41. The SMILES string of the molecule is CC(C)C(NC(=O)CCOCC1c2ccccc2-c2ccccc21)C(=O)NC(CCCNC(N)=O)C(=O)Nc1ccc(COC(=O)Oc2ccc([N+](=O)[O-])cc2)cc1. The summed E-state index contributed by atoms with van der Waals surface area (Å²) in [5, 5.41) is 21.6. The van der Waals surface area contributed by atoms with E-state index in [1.165, 1.54) is 46.5 Å². The van der Waals surface area contributed by atoms with Gasteiger partial charge in [0, 0.05) is 36.7 Å². The topological polar surface area (TPSA) is 230 Å². The molecule has 58 heavy (non-hydrogen) atoms. The molecule has 0 spiro atoms. The molecule has 0 saturated heterocycles. The Bertz CT molecular complexity index is 2050. The van der Waals surface area contributed by atoms with E-state index in [1.807, 2.05) is 24.3 Å². The number of non-ortho nitro benzene ring substituents is 1. The molecule has 1 aliphatic rings. The van der Waals surface area contributed by atoms with Crippen molar-refractivity contribution in [3.05, 3.63) is 124 Å². The number of hydrogen-bond donors (Lipinski definition) is 5. The number of nitrogens with zero attached hydrogens (tertiary/aromatic N) is 1. The van der Waals surface area contributed by atoms with E-state index in [4.69, 9.17) is 19.9 Å². The fourth-order valence-electron chi connectivity index (χ4n) is 6.45. The molecule has 16 heteroatoms. The second kappa shape index (κ2) is 20.4. The number of carbonyl (C=O) groups excluding carboxylic acids is 5. The maximum atomic E-state index is 13.6. The first kappa shape index (κ1) is 42.3. The lowest BCUT2D eigenvalue weighted by atomic mass is 9.98. The highest BCUT2D eigenvalue weighted by Gasteiger charge is 2.30. The Balaban J connectivity index is 1.11. The molecular weight excluding hydrogens is 748 g/mol. The largest absolute Gasteiger partial charge is 0.514 e. The molecule has 0 bridgehead atoms. The second-order valence-corrected chi connectivity index (χ2v) is 13.9. The smallest absolute Gasteiger partial charge is 0.429 e. The third kappa shape index (κ3) is 11.8. The minimum absolute atomic E-state index is 0.0250. The second-order valence-electron chi connectivity index (χ2n) is 13.9. The molecule has 0 radical (unpaired) electrons. The first-order chi connectivity index (χ1) is 27.9. The summed E-state index contributed by atoms with van der Waals surface area (Å²) >= 11 is 0. The third-order valence-electron chi connectivity index (χ3n) is 9.41. The Morgan fingerprint density at radius 1 is 0.828 bits per heavy atom. The van der Waals surface area contributed by atoms with Crippen LogP contribution in [0.15, 0.2) is 97.1 Å². The van der Waals surface area contributed by atoms with Gasteiger partial charge in [0.2, 0.25) is 17.7 Å². The first-order valence-corrected chi connectivity index (χ1v) is 18.8. The zero-order valence-electron chi connectivity index (χ0n) is 32.1. The highest BCUT2D eigenvalue weighted by atomic mass is 16.7. The van der Waals surface area contributed by atoms with Gasteiger partial charge in [-0.05, 0) is 70.8 Å². The molecule has 2 atom stereocenters. The van der Waals surface area contributed by atoms with Gasteiger partial charge in [0.1, 0.15) is 24.4 Å². The number of benzene rings is 4. The van der Waals surface area contributed by atoms with Gasteiger partial charge in [-0.1, -0.05) is 74.5 Å². The standard InChI is InChI=1S/C42H46N6O10/c1-26(2)38(47-37(49)21-23-56-25-35-33-10-5-3-8-31(33)32-9-4-6-11-34(32)35)40(51)46-36(12-7-22-44-41(43)52)39(50)45-28-15-13-27(14-16-28)24-57-42(53)58-30-19-17-29(18-20-30)48(54)55/h3-6,8-11,13-20,26,35-36,38H,7,12,21-25H2,1-2H3,(H,45,50)(H,46,51)(H,47,49)(H3,43,44,52). The molecule has 5 amide bonds. The van der Waals surface area contributed by atoms with Crippen LogP contribution in [-0.4, -0.2) is 66.7 Å². The average molecular weight is 795 g/mol. The number of nitrogens with one attached hydrogen (secondary N) is 4. The zero-order valence-corrected chi connectivity index (χ0v) is 32.1. The fraction of sp³-hybridized carbons (Fsp3) is 0.310. The summed E-state index contributed by atoms with van der Waals surface area (Å²) in [5.41, 5.74) is 10.7. The fourth-order valence-corrected chi connectivity index (χ4v) is 6.45. The van der Waals surface area contributed by atoms with Crippen LogP contribution in [0.2, 0.25) is 0 Å². The molecule has 16 nitrogen and oxygen atoms in total. The van der Waals surface area contributed by atoms with Gasteiger partial charge in [-0.3, -0.25) is 24.5 Å². The van der Waals surface area contributed by atoms with Gasteiger partial charge in [0.05, 0.1) is 18.1 Å². The molecule has 0 saturated carbocycles. The van der Waals surface area contributed by atoms with Gasteiger partial charge in [-0.2, -0.15) is 0 Å². The van der Waals surface area contributed by atoms with Crippen LogP contribution in [-0.2, 0) is 30.5 Å². The van der Waals surface area contributed by atoms with E-state index in [2.05, 4.69) is 45.5 Å². The Kier molecular flexibility index (Phi) is 14.9. The number of fused-ring (bicyclic) bond motifs is 3. The number of rotatable bonds is 19. The maximum absolute atomic E-state index is 13.6. The van der Waals surface area contributed by atoms with Crippen LogP contribution in [0, 0.1) is 16.0 Å². The lowest BCUT2D eigenvalue weighted by Gasteiger charge is -2.25. The number of hydrogen-bond acceptors (Lipinski definition) is 10. The summed E-state index contributed by atoms with van der Waals surface area (Å²) in [6.07, 6.45) is -0.547. The molecule has 4 aromatic carbocycles. The minimum Gasteiger partial charge on any atom is -0.429 e. The summed E-state index contributed by atoms with van der Waals surface area (Å²) in [5.74, 6) is -1.68. The number of nitro groups is 1. The number of amides is 5. The van der Waals surface area contributed by atoms with Crippen molar-refractivity contribution < 1.29 is 43.1 Å². The van der Waals surface area contributed by atoms with Gasteiger partial charge >= 0.3 is 12.2 Å². The van der Waals surface area contributed by atoms with Crippen molar-refractivity contribution >= 4 is 41.3 Å². The van der Waals surface area contributed by atoms with Crippen LogP contribution in [0.25, 0.3) is 11.1 Å². The number of primary amides is 1. The molecule has 304 valence electrons. The number of ether oxygens (including phenoxy) is 3. The van der Waals surface area contributed by atoms with Crippen molar-refractivity contribution in [3.63, 3.8) is 0 Å². The van der Waals surface area contributed by atoms with Gasteiger partial charge in [-0.25, -0.2) is 9.59 Å². The maximum Gasteiger partial charge on any atom is 0.514 e. The minimum atomic E-state index is -1.04. The number of anilines is 1. The Labute approximate surface area is 335 Å². The molecule has 4 aromatic rings. The average Bonchev–Trinajstić information content (AvgIpc) is 3.52. The van der Waals surface area contributed by atoms with E-state index < -0.39 is 41.0 Å². The van der Waals surface area contributed by atoms with E-state index in [1.54, 1.807) is 38.1 Å². The van der Waals surface area contributed by atoms with Crippen molar-refractivity contribution in [1.29, 1.82) is 0 Å². The highest BCUT2D eigenvalue weighted by Crippen LogP contribution is 2.44. The zero-order chi connectivity index (χ0) is 41.6. The van der Waals surface area contributed by atoms with E-state index in [0.29, 0.717) is 24.3 Å². The molecule has 0 aliphatic heterocycles. The van der Waals surface area contributed by atoms with Crippen LogP contribution in [0.3, 0.4) is 0 Å². The number of nitro benzene ring substituents is 1. The number of carbonyl (C=O) groups is 5. The molecule has 2 unspecified atom stereocenters. The van der Waals surface area contributed by atoms with E-state index in [-0.39, 0.29) is 61.8 Å². The lowest BCUT2D eigenvalue weighted by molar-refractivity contribution is -0.384. The quantitative estimate of drug-likeness (QED) is 0.0262. The summed E-state index contributed by atoms with van der Waals surface area (Å²) in [6, 6.07) is 25.0. The van der Waals surface area contributed by atoms with Crippen LogP contribution >= 0.6 is 0 Å². The van der Waals surface area contributed by atoms with Gasteiger partial charge in [0.25, 0.3) is 5.69 Å². The Morgan fingerprint density at radius 3 is 2.07 bits per heavy atom. The van der Waals surface area contributed by atoms with Crippen molar-refractivity contribution in [2.45, 2.75) is 57.7 Å². The summed E-state index contributed by atoms with van der Waals surface area (Å²) in [7, 11) is 0. The Morgan fingerprint density at radius 2 is 1.47 bits per heavy atom. The molecule has 1 aliphatic carbocycles. The summed E-state index contributed by atoms with van der Waals surface area (Å²) in [4.78, 5) is 73.7. The van der Waals surface area contributed by atoms with Crippen LogP contribution in [0.5, 0.6) is 5.75 Å². The molecule has 5 rings (SSSR count). The van der Waals surface area contributed by atoms with Crippen molar-refractivity contribution in [1.82, 2.24) is 16.0 Å². The van der Waals surface area contributed by atoms with Crippen molar-refractivity contribution in [2.24, 2.45) is 11.7 Å². The highest BCUT2D eigenvalue weighted by molar-refractivity contribution is 5.98. The Hall–Kier alpha value is -6.81. The number of nitrogens with two attached hydrogens (primary N) is 1. The summed E-state index contributed by atoms with van der Waals surface area (Å²) < 4.78 is 16.1. The van der Waals surface area contributed by atoms with E-state index in [0.717, 1.165) is 0 Å². The molecule has 0 aromatic heterocycles. The van der Waals surface area contributed by atoms with Crippen LogP contribution < -0.4 is 31.7 Å². The van der Waals surface area contributed by atoms with Gasteiger partial charge < -0.3 is 41.2 Å². The molecule has 0 fully saturated rings. The predicted molar refractivity (Wildman–Crippen MR) is 214 cm³/mol. The van der Waals surface area contributed by atoms with Crippen LogP contribution in [0.1, 0.15) is 55.7 Å². The molecular formula is C42H46N6O10. The van der Waals surface area contributed by atoms with Crippen LogP contribution in [0.4, 0.5) is 21.0 Å². The lowest BCUT2D eigenvalue weighted by Crippen LogP contribution is -2.54. The monoisotopic (exact) mass is 794 g/mol. The van der Waals surface area contributed by atoms with E-state index in [9.17, 15) is 34.1 Å². The number of urea groups is 1. The molecule has 6 N–H and O–H groups in total. The van der Waals surface area contributed by atoms with Crippen molar-refractivity contribution in [3.8, 4) is 16.9 Å².